The first-order valence-electron chi connectivity index (χ1n) is 16.7. The van der Waals surface area contributed by atoms with Crippen molar-refractivity contribution in [3.63, 3.8) is 0 Å². The Hall–Kier alpha value is -1.37. The van der Waals surface area contributed by atoms with Crippen LogP contribution < -0.4 is 0 Å². The van der Waals surface area contributed by atoms with Crippen LogP contribution in [0.3, 0.4) is 0 Å². The predicted octanol–water partition coefficient (Wildman–Crippen LogP) is 1.98. The summed E-state index contributed by atoms with van der Waals surface area (Å²) >= 11 is 0. The molecule has 0 spiro atoms. The molecule has 6 rings (SSSR count). The van der Waals surface area contributed by atoms with Crippen molar-refractivity contribution in [1.82, 2.24) is 0 Å². The normalized spacial score (nSPS) is 49.9. The molecule has 44 heavy (non-hydrogen) atoms. The number of hydrogen-bond donors (Lipinski definition) is 6. The van der Waals surface area contributed by atoms with E-state index < -0.39 is 49.5 Å². The second kappa shape index (κ2) is 12.0. The summed E-state index contributed by atoms with van der Waals surface area (Å²) in [6, 6.07) is 0. The molecule has 0 bridgehead atoms. The Kier molecular flexibility index (Phi) is 8.89. The van der Waals surface area contributed by atoms with Gasteiger partial charge in [0.15, 0.2) is 6.29 Å². The van der Waals surface area contributed by atoms with Crippen LogP contribution in [0.25, 0.3) is 0 Å². The molecule has 6 aliphatic rings. The molecule has 0 aromatic rings. The molecular formula is C34H52O10. The lowest BCUT2D eigenvalue weighted by Crippen LogP contribution is -2.60. The van der Waals surface area contributed by atoms with Gasteiger partial charge in [0.1, 0.15) is 30.5 Å². The highest BCUT2D eigenvalue weighted by Gasteiger charge is 2.62. The third-order valence-electron chi connectivity index (χ3n) is 13.4. The molecule has 248 valence electrons. The maximum atomic E-state index is 12.6. The molecule has 2 aliphatic heterocycles. The van der Waals surface area contributed by atoms with Crippen LogP contribution in [0.15, 0.2) is 22.8 Å². The van der Waals surface area contributed by atoms with Crippen molar-refractivity contribution in [2.45, 2.75) is 128 Å². The largest absolute Gasteiger partial charge is 0.458 e. The van der Waals surface area contributed by atoms with E-state index in [2.05, 4.69) is 26.8 Å². The van der Waals surface area contributed by atoms with Crippen LogP contribution in [0.4, 0.5) is 0 Å². The number of aliphatic hydroxyl groups is 6. The molecule has 3 saturated carbocycles. The zero-order valence-corrected chi connectivity index (χ0v) is 26.5. The zero-order valence-electron chi connectivity index (χ0n) is 26.5. The summed E-state index contributed by atoms with van der Waals surface area (Å²) < 4.78 is 17.6. The van der Waals surface area contributed by atoms with Crippen LogP contribution in [0, 0.1) is 40.4 Å². The van der Waals surface area contributed by atoms with E-state index in [4.69, 9.17) is 14.2 Å². The number of ether oxygens (including phenoxy) is 3. The molecule has 15 unspecified atom stereocenters. The van der Waals surface area contributed by atoms with Gasteiger partial charge in [0.2, 0.25) is 0 Å². The first-order chi connectivity index (χ1) is 20.8. The zero-order chi connectivity index (χ0) is 31.7. The van der Waals surface area contributed by atoms with Gasteiger partial charge in [0, 0.05) is 23.8 Å². The Bertz CT molecular complexity index is 1170. The number of allylic oxidation sites excluding steroid dienone is 1. The van der Waals surface area contributed by atoms with Gasteiger partial charge in [-0.1, -0.05) is 32.4 Å². The first kappa shape index (κ1) is 32.6. The fourth-order valence-corrected chi connectivity index (χ4v) is 10.6. The van der Waals surface area contributed by atoms with Gasteiger partial charge in [0.25, 0.3) is 0 Å². The highest BCUT2D eigenvalue weighted by Crippen LogP contribution is 2.67. The van der Waals surface area contributed by atoms with Crippen LogP contribution in [-0.4, -0.2) is 98.8 Å². The summed E-state index contributed by atoms with van der Waals surface area (Å²) in [5.74, 6) is 1.57. The summed E-state index contributed by atoms with van der Waals surface area (Å²) in [5.41, 5.74) is 2.22. The summed E-state index contributed by atoms with van der Waals surface area (Å²) in [7, 11) is 0. The minimum Gasteiger partial charge on any atom is -0.458 e. The molecule has 1 saturated heterocycles. The minimum absolute atomic E-state index is 0.109. The average Bonchev–Trinajstić information content (AvgIpc) is 3.36. The molecule has 6 N–H and O–H groups in total. The van der Waals surface area contributed by atoms with E-state index in [1.165, 1.54) is 5.57 Å². The number of fused-ring (bicyclic) bond motifs is 5. The average molecular weight is 621 g/mol. The lowest BCUT2D eigenvalue weighted by Gasteiger charge is -2.60. The standard InChI is InChI=1S/C34H52O10/c1-16-18(14-35)11-25(43-31(16)41)17(2)22-7-8-23-21-6-5-19-12-20(42-32-30(40)29(39)28(38)26(15-36)44-32)13-27(37)34(19,4)24(21)9-10-33(22,23)3/h5,17,20-30,32,35-40H,6-15H2,1-4H3. The van der Waals surface area contributed by atoms with Crippen molar-refractivity contribution in [3.05, 3.63) is 22.8 Å². The summed E-state index contributed by atoms with van der Waals surface area (Å²) in [5, 5.41) is 62.0. The Morgan fingerprint density at radius 3 is 2.48 bits per heavy atom. The molecule has 2 heterocycles. The van der Waals surface area contributed by atoms with Gasteiger partial charge in [-0.3, -0.25) is 0 Å². The minimum atomic E-state index is -1.50. The predicted molar refractivity (Wildman–Crippen MR) is 159 cm³/mol. The highest BCUT2D eigenvalue weighted by molar-refractivity contribution is 5.89. The van der Waals surface area contributed by atoms with E-state index in [1.807, 2.05) is 0 Å². The number of cyclic esters (lactones) is 1. The van der Waals surface area contributed by atoms with Crippen molar-refractivity contribution in [2.75, 3.05) is 13.2 Å². The van der Waals surface area contributed by atoms with E-state index >= 15 is 0 Å². The van der Waals surface area contributed by atoms with E-state index in [-0.39, 0.29) is 35.4 Å². The highest BCUT2D eigenvalue weighted by atomic mass is 16.7. The van der Waals surface area contributed by atoms with Crippen molar-refractivity contribution in [3.8, 4) is 0 Å². The van der Waals surface area contributed by atoms with Gasteiger partial charge in [0.05, 0.1) is 25.4 Å². The SMILES string of the molecule is CC1=C(CO)CC(C(C)C2CCC3C4CC=C5CC(OC6OC(CO)C(O)C(O)C6O)CC(O)C5(C)C4CCC23C)OC1=O. The van der Waals surface area contributed by atoms with Gasteiger partial charge in [-0.25, -0.2) is 4.79 Å². The van der Waals surface area contributed by atoms with Crippen LogP contribution in [0.2, 0.25) is 0 Å². The van der Waals surface area contributed by atoms with E-state index in [9.17, 15) is 35.4 Å². The smallest absolute Gasteiger partial charge is 0.334 e. The van der Waals surface area contributed by atoms with E-state index in [0.29, 0.717) is 48.5 Å². The monoisotopic (exact) mass is 620 g/mol. The van der Waals surface area contributed by atoms with Gasteiger partial charge in [-0.05, 0) is 86.0 Å². The summed E-state index contributed by atoms with van der Waals surface area (Å²) in [6.45, 7) is 7.97. The molecule has 0 amide bonds. The Balaban J connectivity index is 1.17. The molecule has 0 aromatic heterocycles. The second-order valence-corrected chi connectivity index (χ2v) is 15.2. The van der Waals surface area contributed by atoms with Gasteiger partial charge in [-0.15, -0.1) is 0 Å². The molecule has 10 heteroatoms. The van der Waals surface area contributed by atoms with Gasteiger partial charge >= 0.3 is 5.97 Å². The Labute approximate surface area is 260 Å². The van der Waals surface area contributed by atoms with Gasteiger partial charge in [-0.2, -0.15) is 0 Å². The quantitative estimate of drug-likeness (QED) is 0.191. The van der Waals surface area contributed by atoms with E-state index in [1.54, 1.807) is 6.92 Å². The summed E-state index contributed by atoms with van der Waals surface area (Å²) in [4.78, 5) is 12.6. The van der Waals surface area contributed by atoms with Crippen molar-refractivity contribution in [1.29, 1.82) is 0 Å². The van der Waals surface area contributed by atoms with Gasteiger partial charge < -0.3 is 44.8 Å². The van der Waals surface area contributed by atoms with Crippen molar-refractivity contribution >= 4 is 5.97 Å². The number of hydrogen-bond acceptors (Lipinski definition) is 10. The Morgan fingerprint density at radius 2 is 1.77 bits per heavy atom. The van der Waals surface area contributed by atoms with Crippen LogP contribution in [-0.2, 0) is 19.0 Å². The molecule has 4 aliphatic carbocycles. The molecule has 0 radical (unpaired) electrons. The Morgan fingerprint density at radius 1 is 1.02 bits per heavy atom. The summed E-state index contributed by atoms with van der Waals surface area (Å²) in [6.07, 6.45) is 1.07. The first-order valence-corrected chi connectivity index (χ1v) is 16.7. The van der Waals surface area contributed by atoms with Crippen molar-refractivity contribution in [2.24, 2.45) is 40.4 Å². The maximum absolute atomic E-state index is 12.6. The molecule has 4 fully saturated rings. The fourth-order valence-electron chi connectivity index (χ4n) is 10.6. The number of carbonyl (C=O) groups is 1. The molecule has 15 atom stereocenters. The maximum Gasteiger partial charge on any atom is 0.334 e. The number of carbonyl (C=O) groups excluding carboxylic acids is 1. The number of rotatable bonds is 6. The number of esters is 1. The molecule has 0 aromatic carbocycles. The third-order valence-corrected chi connectivity index (χ3v) is 13.4. The second-order valence-electron chi connectivity index (χ2n) is 15.2. The molecular weight excluding hydrogens is 568 g/mol. The fraction of sp³-hybridized carbons (Fsp3) is 0.853. The topological polar surface area (TPSA) is 166 Å². The number of aliphatic hydroxyl groups excluding tert-OH is 6. The lowest BCUT2D eigenvalue weighted by molar-refractivity contribution is -0.315. The van der Waals surface area contributed by atoms with Crippen LogP contribution >= 0.6 is 0 Å². The lowest BCUT2D eigenvalue weighted by atomic mass is 9.46. The molecule has 10 nitrogen and oxygen atoms in total. The van der Waals surface area contributed by atoms with Crippen LogP contribution in [0.1, 0.15) is 79.1 Å². The van der Waals surface area contributed by atoms with E-state index in [0.717, 1.165) is 37.7 Å². The van der Waals surface area contributed by atoms with Crippen LogP contribution in [0.5, 0.6) is 0 Å². The van der Waals surface area contributed by atoms with Crippen molar-refractivity contribution < 1.29 is 49.6 Å². The third kappa shape index (κ3) is 5.03.